The van der Waals surface area contributed by atoms with E-state index in [1.54, 1.807) is 17.5 Å². The molecule has 0 atom stereocenters. The van der Waals surface area contributed by atoms with Crippen LogP contribution in [0.4, 0.5) is 13.2 Å². The largest absolute Gasteiger partial charge is 0.451 e. The summed E-state index contributed by atoms with van der Waals surface area (Å²) in [4.78, 5) is 23.6. The summed E-state index contributed by atoms with van der Waals surface area (Å²) in [6.45, 7) is 0. The van der Waals surface area contributed by atoms with E-state index < -0.39 is 23.8 Å². The average Bonchev–Trinajstić information content (AvgIpc) is 3.04. The lowest BCUT2D eigenvalue weighted by Gasteiger charge is -2.06. The van der Waals surface area contributed by atoms with Crippen LogP contribution in [-0.2, 0) is 18.0 Å². The molecular formula is C11H9F3N4O2S2. The number of amides is 2. The van der Waals surface area contributed by atoms with Crippen LogP contribution in [0.25, 0.3) is 0 Å². The highest BCUT2D eigenvalue weighted by Gasteiger charge is 2.37. The number of alkyl halides is 3. The molecule has 0 radical (unpaired) electrons. The van der Waals surface area contributed by atoms with Crippen LogP contribution >= 0.6 is 23.1 Å². The van der Waals surface area contributed by atoms with E-state index in [9.17, 15) is 22.8 Å². The maximum Gasteiger partial charge on any atom is 0.451 e. The van der Waals surface area contributed by atoms with Crippen molar-refractivity contribution < 1.29 is 22.8 Å². The van der Waals surface area contributed by atoms with E-state index in [4.69, 9.17) is 0 Å². The predicted octanol–water partition coefficient (Wildman–Crippen LogP) is 1.94. The summed E-state index contributed by atoms with van der Waals surface area (Å²) in [6, 6.07) is 3.22. The van der Waals surface area contributed by atoms with Gasteiger partial charge in [-0.3, -0.25) is 14.9 Å². The van der Waals surface area contributed by atoms with Gasteiger partial charge >= 0.3 is 6.18 Å². The second-order valence-electron chi connectivity index (χ2n) is 4.01. The maximum absolute atomic E-state index is 12.5. The molecule has 118 valence electrons. The molecule has 22 heavy (non-hydrogen) atoms. The first kappa shape index (κ1) is 16.5. The van der Waals surface area contributed by atoms with Gasteiger partial charge in [0.15, 0.2) is 5.16 Å². The Hall–Kier alpha value is -1.88. The molecule has 0 bridgehead atoms. The van der Waals surface area contributed by atoms with Gasteiger partial charge in [0, 0.05) is 7.05 Å². The third-order valence-corrected chi connectivity index (χ3v) is 4.31. The fourth-order valence-corrected chi connectivity index (χ4v) is 2.78. The minimum absolute atomic E-state index is 0.0638. The highest BCUT2D eigenvalue weighted by molar-refractivity contribution is 7.99. The summed E-state index contributed by atoms with van der Waals surface area (Å²) in [5.74, 6) is -2.57. The maximum atomic E-state index is 12.5. The number of carbonyl (C=O) groups is 2. The van der Waals surface area contributed by atoms with Crippen LogP contribution in [0.15, 0.2) is 22.7 Å². The molecule has 0 fully saturated rings. The molecule has 2 rings (SSSR count). The minimum Gasteiger partial charge on any atom is -0.302 e. The van der Waals surface area contributed by atoms with Crippen LogP contribution in [0.2, 0.25) is 0 Å². The van der Waals surface area contributed by atoms with E-state index in [2.05, 4.69) is 15.5 Å². The SMILES string of the molecule is Cn1c(SCC(=O)NC(=O)c2cccs2)nnc1C(F)(F)F. The molecule has 0 saturated heterocycles. The van der Waals surface area contributed by atoms with Crippen molar-refractivity contribution >= 4 is 34.9 Å². The number of hydrogen-bond acceptors (Lipinski definition) is 6. The lowest BCUT2D eigenvalue weighted by atomic mass is 10.4. The molecule has 0 aliphatic carbocycles. The predicted molar refractivity (Wildman–Crippen MR) is 73.5 cm³/mol. The van der Waals surface area contributed by atoms with Crippen LogP contribution < -0.4 is 5.32 Å². The van der Waals surface area contributed by atoms with Gasteiger partial charge in [0.25, 0.3) is 5.91 Å². The van der Waals surface area contributed by atoms with Gasteiger partial charge in [0.1, 0.15) is 0 Å². The molecule has 2 aromatic rings. The summed E-state index contributed by atoms with van der Waals surface area (Å²) < 4.78 is 38.4. The van der Waals surface area contributed by atoms with Crippen molar-refractivity contribution in [2.75, 3.05) is 5.75 Å². The summed E-state index contributed by atoms with van der Waals surface area (Å²) in [7, 11) is 1.15. The Kier molecular flexibility index (Phi) is 4.86. The first-order valence-corrected chi connectivity index (χ1v) is 7.62. The number of imide groups is 1. The third kappa shape index (κ3) is 3.85. The summed E-state index contributed by atoms with van der Waals surface area (Å²) >= 11 is 1.93. The van der Waals surface area contributed by atoms with Gasteiger partial charge < -0.3 is 4.57 Å². The van der Waals surface area contributed by atoms with Gasteiger partial charge in [-0.2, -0.15) is 13.2 Å². The van der Waals surface area contributed by atoms with Gasteiger partial charge in [-0.25, -0.2) is 0 Å². The molecule has 2 amide bonds. The van der Waals surface area contributed by atoms with Crippen molar-refractivity contribution in [2.24, 2.45) is 7.05 Å². The number of rotatable bonds is 4. The quantitative estimate of drug-likeness (QED) is 0.853. The highest BCUT2D eigenvalue weighted by Crippen LogP contribution is 2.29. The molecule has 0 aliphatic rings. The molecule has 2 aromatic heterocycles. The van der Waals surface area contributed by atoms with Crippen LogP contribution in [0.3, 0.4) is 0 Å². The van der Waals surface area contributed by atoms with Gasteiger partial charge in [-0.05, 0) is 11.4 Å². The molecule has 0 spiro atoms. The Morgan fingerprint density at radius 3 is 2.68 bits per heavy atom. The zero-order chi connectivity index (χ0) is 16.3. The first-order valence-electron chi connectivity index (χ1n) is 5.76. The second kappa shape index (κ2) is 6.48. The molecule has 11 heteroatoms. The topological polar surface area (TPSA) is 76.9 Å². The lowest BCUT2D eigenvalue weighted by molar-refractivity contribution is -0.147. The highest BCUT2D eigenvalue weighted by atomic mass is 32.2. The normalized spacial score (nSPS) is 11.5. The minimum atomic E-state index is -4.61. The Bertz CT molecular complexity index is 682. The number of halogens is 3. The Balaban J connectivity index is 1.92. The fraction of sp³-hybridized carbons (Fsp3) is 0.273. The van der Waals surface area contributed by atoms with Crippen LogP contribution in [0, 0.1) is 0 Å². The standard InChI is InChI=1S/C11H9F3N4O2S2/c1-18-9(11(12,13)14)16-17-10(18)22-5-7(19)15-8(20)6-3-2-4-21-6/h2-4H,5H2,1H3,(H,15,19,20). The summed E-state index contributed by atoms with van der Waals surface area (Å²) in [5, 5.41) is 10.2. The van der Waals surface area contributed by atoms with E-state index in [0.717, 1.165) is 23.4 Å². The van der Waals surface area contributed by atoms with Crippen molar-refractivity contribution in [3.8, 4) is 0 Å². The van der Waals surface area contributed by atoms with E-state index in [1.807, 2.05) is 0 Å². The second-order valence-corrected chi connectivity index (χ2v) is 5.90. The fourth-order valence-electron chi connectivity index (χ4n) is 1.45. The van der Waals surface area contributed by atoms with Gasteiger partial charge in [-0.1, -0.05) is 17.8 Å². The lowest BCUT2D eigenvalue weighted by Crippen LogP contribution is -2.31. The third-order valence-electron chi connectivity index (χ3n) is 2.42. The molecule has 2 heterocycles. The van der Waals surface area contributed by atoms with E-state index in [0.29, 0.717) is 4.88 Å². The molecule has 6 nitrogen and oxygen atoms in total. The number of thiophene rings is 1. The number of thioether (sulfide) groups is 1. The Morgan fingerprint density at radius 1 is 1.41 bits per heavy atom. The van der Waals surface area contributed by atoms with Gasteiger partial charge in [-0.15, -0.1) is 21.5 Å². The zero-order valence-electron chi connectivity index (χ0n) is 11.0. The van der Waals surface area contributed by atoms with Crippen LogP contribution in [0.1, 0.15) is 15.5 Å². The van der Waals surface area contributed by atoms with Crippen molar-refractivity contribution in [1.29, 1.82) is 0 Å². The van der Waals surface area contributed by atoms with E-state index in [1.165, 1.54) is 11.3 Å². The summed E-state index contributed by atoms with van der Waals surface area (Å²) in [5.41, 5.74) is 0. The molecule has 0 aromatic carbocycles. The van der Waals surface area contributed by atoms with Crippen molar-refractivity contribution in [1.82, 2.24) is 20.1 Å². The van der Waals surface area contributed by atoms with Crippen LogP contribution in [0.5, 0.6) is 0 Å². The number of nitrogens with zero attached hydrogens (tertiary/aromatic N) is 3. The van der Waals surface area contributed by atoms with Gasteiger partial charge in [0.05, 0.1) is 10.6 Å². The van der Waals surface area contributed by atoms with Crippen LogP contribution in [-0.4, -0.2) is 32.3 Å². The summed E-state index contributed by atoms with van der Waals surface area (Å²) in [6.07, 6.45) is -4.61. The molecule has 0 aliphatic heterocycles. The number of carbonyl (C=O) groups excluding carboxylic acids is 2. The van der Waals surface area contributed by atoms with Crippen molar-refractivity contribution in [3.05, 3.63) is 28.2 Å². The van der Waals surface area contributed by atoms with E-state index in [-0.39, 0.29) is 10.9 Å². The number of aromatic nitrogens is 3. The van der Waals surface area contributed by atoms with E-state index >= 15 is 0 Å². The average molecular weight is 350 g/mol. The zero-order valence-corrected chi connectivity index (χ0v) is 12.7. The Morgan fingerprint density at radius 2 is 2.14 bits per heavy atom. The molecule has 1 N–H and O–H groups in total. The molecule has 0 unspecified atom stereocenters. The molecule has 0 saturated carbocycles. The smallest absolute Gasteiger partial charge is 0.302 e. The number of hydrogen-bond donors (Lipinski definition) is 1. The number of nitrogens with one attached hydrogen (secondary N) is 1. The monoisotopic (exact) mass is 350 g/mol. The Labute approximate surface area is 130 Å². The van der Waals surface area contributed by atoms with Gasteiger partial charge in [0.2, 0.25) is 11.7 Å². The molecular weight excluding hydrogens is 341 g/mol. The first-order chi connectivity index (χ1) is 10.3. The van der Waals surface area contributed by atoms with Crippen molar-refractivity contribution in [3.63, 3.8) is 0 Å². The van der Waals surface area contributed by atoms with Crippen molar-refractivity contribution in [2.45, 2.75) is 11.3 Å².